The normalized spacial score (nSPS) is 10.1. The molecule has 0 saturated carbocycles. The van der Waals surface area contributed by atoms with E-state index in [1.807, 2.05) is 0 Å². The number of nitrogens with two attached hydrogens (primary N) is 1. The Bertz CT molecular complexity index is 288. The third kappa shape index (κ3) is 1.18. The number of hydrogen-bond acceptors (Lipinski definition) is 3. The quantitative estimate of drug-likeness (QED) is 0.293. The number of hydrazine groups is 1. The lowest BCUT2D eigenvalue weighted by Crippen LogP contribution is -2.14. The number of pyridine rings is 1. The molecule has 1 aromatic rings. The van der Waals surface area contributed by atoms with E-state index in [0.717, 1.165) is 0 Å². The van der Waals surface area contributed by atoms with E-state index in [1.165, 1.54) is 5.43 Å². The predicted octanol–water partition coefficient (Wildman–Crippen LogP) is 0.924. The molecule has 1 aromatic heterocycles. The first-order valence-electron chi connectivity index (χ1n) is 2.74. The highest BCUT2D eigenvalue weighted by Gasteiger charge is 2.19. The van der Waals surface area contributed by atoms with Crippen LogP contribution in [0.15, 0.2) is 0 Å². The molecule has 0 aliphatic rings. The van der Waals surface area contributed by atoms with Crippen molar-refractivity contribution in [2.24, 2.45) is 5.84 Å². The van der Waals surface area contributed by atoms with Gasteiger partial charge in [-0.2, -0.15) is 22.5 Å². The number of aromatic nitrogens is 1. The van der Waals surface area contributed by atoms with Gasteiger partial charge < -0.3 is 5.43 Å². The van der Waals surface area contributed by atoms with Crippen molar-refractivity contribution in [1.82, 2.24) is 4.98 Å². The lowest BCUT2D eigenvalue weighted by molar-refractivity contribution is 0.411. The number of nitrogen functional groups attached to an aromatic ring is 1. The molecule has 12 heavy (non-hydrogen) atoms. The molecule has 66 valence electrons. The molecule has 0 amide bonds. The maximum Gasteiger partial charge on any atom is 0.253 e. The zero-order valence-electron chi connectivity index (χ0n) is 5.54. The first kappa shape index (κ1) is 8.72. The molecule has 0 aliphatic carbocycles. The molecule has 7 heteroatoms. The van der Waals surface area contributed by atoms with Crippen molar-refractivity contribution in [3.63, 3.8) is 0 Å². The number of anilines is 1. The van der Waals surface area contributed by atoms with Crippen LogP contribution in [0, 0.1) is 23.5 Å². The van der Waals surface area contributed by atoms with E-state index in [9.17, 15) is 17.6 Å². The van der Waals surface area contributed by atoms with Gasteiger partial charge in [-0.25, -0.2) is 0 Å². The molecular weight excluding hydrogens is 178 g/mol. The average Bonchev–Trinajstić information content (AvgIpc) is 2.02. The van der Waals surface area contributed by atoms with Crippen molar-refractivity contribution >= 4 is 5.69 Å². The van der Waals surface area contributed by atoms with Crippen molar-refractivity contribution in [2.75, 3.05) is 5.43 Å². The van der Waals surface area contributed by atoms with E-state index >= 15 is 0 Å². The van der Waals surface area contributed by atoms with E-state index in [2.05, 4.69) is 10.8 Å². The molecule has 1 rings (SSSR count). The summed E-state index contributed by atoms with van der Waals surface area (Å²) in [6.45, 7) is 0. The maximum atomic E-state index is 12.5. The topological polar surface area (TPSA) is 50.9 Å². The van der Waals surface area contributed by atoms with E-state index in [4.69, 9.17) is 0 Å². The number of halogens is 4. The predicted molar refractivity (Wildman–Crippen MR) is 31.9 cm³/mol. The largest absolute Gasteiger partial charge is 0.319 e. The highest BCUT2D eigenvalue weighted by molar-refractivity contribution is 5.43. The van der Waals surface area contributed by atoms with Crippen LogP contribution < -0.4 is 11.3 Å². The van der Waals surface area contributed by atoms with Crippen molar-refractivity contribution in [2.45, 2.75) is 0 Å². The van der Waals surface area contributed by atoms with Crippen LogP contribution in [0.4, 0.5) is 23.2 Å². The van der Waals surface area contributed by atoms with Gasteiger partial charge in [-0.3, -0.25) is 5.84 Å². The van der Waals surface area contributed by atoms with Crippen LogP contribution in [-0.2, 0) is 0 Å². The molecule has 0 bridgehead atoms. The van der Waals surface area contributed by atoms with Gasteiger partial charge in [0.1, 0.15) is 5.69 Å². The van der Waals surface area contributed by atoms with Gasteiger partial charge in [-0.1, -0.05) is 0 Å². The Hall–Kier alpha value is -1.37. The maximum absolute atomic E-state index is 12.5. The van der Waals surface area contributed by atoms with Crippen LogP contribution >= 0.6 is 0 Å². The van der Waals surface area contributed by atoms with Gasteiger partial charge in [-0.05, 0) is 0 Å². The third-order valence-corrected chi connectivity index (χ3v) is 1.14. The van der Waals surface area contributed by atoms with Gasteiger partial charge in [0.15, 0.2) is 0 Å². The minimum absolute atomic E-state index is 1.08. The number of hydrogen-bond donors (Lipinski definition) is 2. The fourth-order valence-electron chi connectivity index (χ4n) is 0.614. The Morgan fingerprint density at radius 1 is 1.00 bits per heavy atom. The SMILES string of the molecule is NNc1c(F)c(F)nc(F)c1F. The molecule has 0 saturated heterocycles. The van der Waals surface area contributed by atoms with Crippen LogP contribution in [0.5, 0.6) is 0 Å². The molecule has 3 nitrogen and oxygen atoms in total. The van der Waals surface area contributed by atoms with Crippen LogP contribution in [-0.4, -0.2) is 4.98 Å². The van der Waals surface area contributed by atoms with E-state index in [1.54, 1.807) is 0 Å². The average molecular weight is 181 g/mol. The summed E-state index contributed by atoms with van der Waals surface area (Å²) in [6, 6.07) is 0. The van der Waals surface area contributed by atoms with Gasteiger partial charge in [0.2, 0.25) is 11.6 Å². The minimum Gasteiger partial charge on any atom is -0.319 e. The summed E-state index contributed by atoms with van der Waals surface area (Å²) in [6.07, 6.45) is 0. The van der Waals surface area contributed by atoms with E-state index in [0.29, 0.717) is 0 Å². The van der Waals surface area contributed by atoms with Crippen LogP contribution in [0.2, 0.25) is 0 Å². The molecule has 3 N–H and O–H groups in total. The van der Waals surface area contributed by atoms with Gasteiger partial charge in [0.25, 0.3) is 11.9 Å². The van der Waals surface area contributed by atoms with Gasteiger partial charge in [0.05, 0.1) is 0 Å². The number of nitrogens with zero attached hydrogens (tertiary/aromatic N) is 1. The molecule has 0 radical (unpaired) electrons. The molecule has 0 atom stereocenters. The summed E-state index contributed by atoms with van der Waals surface area (Å²) in [5.41, 5.74) is 0.392. The third-order valence-electron chi connectivity index (χ3n) is 1.14. The lowest BCUT2D eigenvalue weighted by atomic mass is 10.4. The van der Waals surface area contributed by atoms with Crippen LogP contribution in [0.3, 0.4) is 0 Å². The first-order valence-corrected chi connectivity index (χ1v) is 2.74. The first-order chi connectivity index (χ1) is 5.57. The zero-order valence-corrected chi connectivity index (χ0v) is 5.54. The summed E-state index contributed by atoms with van der Waals surface area (Å²) in [4.78, 5) is 2.30. The Labute approximate surface area is 64.2 Å². The minimum atomic E-state index is -1.75. The summed E-state index contributed by atoms with van der Waals surface area (Å²) < 4.78 is 49.3. The highest BCUT2D eigenvalue weighted by Crippen LogP contribution is 2.20. The Morgan fingerprint density at radius 2 is 1.42 bits per heavy atom. The molecule has 1 heterocycles. The van der Waals surface area contributed by atoms with Gasteiger partial charge in [-0.15, -0.1) is 0 Å². The molecule has 0 aromatic carbocycles. The lowest BCUT2D eigenvalue weighted by Gasteiger charge is -2.03. The van der Waals surface area contributed by atoms with Crippen molar-refractivity contribution in [1.29, 1.82) is 0 Å². The molecule has 0 unspecified atom stereocenters. The summed E-state index contributed by atoms with van der Waals surface area (Å²) >= 11 is 0. The van der Waals surface area contributed by atoms with Crippen molar-refractivity contribution < 1.29 is 17.6 Å². The number of rotatable bonds is 1. The molecule has 0 fully saturated rings. The van der Waals surface area contributed by atoms with E-state index in [-0.39, 0.29) is 0 Å². The molecule has 0 aliphatic heterocycles. The number of nitrogens with one attached hydrogen (secondary N) is 1. The fraction of sp³-hybridized carbons (Fsp3) is 0. The summed E-state index contributed by atoms with van der Waals surface area (Å²) in [7, 11) is 0. The van der Waals surface area contributed by atoms with Crippen molar-refractivity contribution in [3.8, 4) is 0 Å². The molecule has 0 spiro atoms. The van der Waals surface area contributed by atoms with Gasteiger partial charge in [0, 0.05) is 0 Å². The fourth-order valence-corrected chi connectivity index (χ4v) is 0.614. The van der Waals surface area contributed by atoms with Crippen LogP contribution in [0.1, 0.15) is 0 Å². The summed E-state index contributed by atoms with van der Waals surface area (Å²) in [5, 5.41) is 0. The standard InChI is InChI=1S/C5H3F4N3/c6-1-3(12-10)2(7)5(9)11-4(1)8/h10H2,(H,11,12). The highest BCUT2D eigenvalue weighted by atomic mass is 19.2. The second-order valence-corrected chi connectivity index (χ2v) is 1.84. The van der Waals surface area contributed by atoms with Crippen LogP contribution in [0.25, 0.3) is 0 Å². The Kier molecular flexibility index (Phi) is 2.13. The smallest absolute Gasteiger partial charge is 0.253 e. The summed E-state index contributed by atoms with van der Waals surface area (Å²) in [5.74, 6) is -2.21. The van der Waals surface area contributed by atoms with Gasteiger partial charge >= 0.3 is 0 Å². The second-order valence-electron chi connectivity index (χ2n) is 1.84. The Balaban J connectivity index is 3.42. The molecular formula is C5H3F4N3. The van der Waals surface area contributed by atoms with Crippen molar-refractivity contribution in [3.05, 3.63) is 23.5 Å². The Morgan fingerprint density at radius 3 is 1.75 bits per heavy atom. The monoisotopic (exact) mass is 181 g/mol. The van der Waals surface area contributed by atoms with E-state index < -0.39 is 29.2 Å². The second kappa shape index (κ2) is 2.94. The zero-order chi connectivity index (χ0) is 9.30.